The normalized spacial score (nSPS) is 12.2. The highest BCUT2D eigenvalue weighted by Crippen LogP contribution is 2.16. The summed E-state index contributed by atoms with van der Waals surface area (Å²) in [6, 6.07) is 17.9. The molecular formula is C16H14N2O2S. The van der Waals surface area contributed by atoms with Gasteiger partial charge < -0.3 is 5.21 Å². The Morgan fingerprint density at radius 1 is 1.00 bits per heavy atom. The van der Waals surface area contributed by atoms with Crippen LogP contribution in [-0.4, -0.2) is 28.0 Å². The maximum atomic E-state index is 12.4. The Morgan fingerprint density at radius 2 is 1.57 bits per heavy atom. The van der Waals surface area contributed by atoms with E-state index < -0.39 is 0 Å². The number of oxime groups is 1. The van der Waals surface area contributed by atoms with Crippen molar-refractivity contribution in [3.63, 3.8) is 0 Å². The summed E-state index contributed by atoms with van der Waals surface area (Å²) in [7, 11) is 0. The second-order valence-corrected chi connectivity index (χ2v) is 4.90. The van der Waals surface area contributed by atoms with Crippen LogP contribution >= 0.6 is 11.8 Å². The van der Waals surface area contributed by atoms with Crippen molar-refractivity contribution < 1.29 is 10.0 Å². The van der Waals surface area contributed by atoms with Crippen molar-refractivity contribution in [1.29, 1.82) is 0 Å². The predicted octanol–water partition coefficient (Wildman–Crippen LogP) is 3.79. The van der Waals surface area contributed by atoms with Crippen LogP contribution in [0.1, 0.15) is 10.4 Å². The van der Waals surface area contributed by atoms with Gasteiger partial charge in [0.15, 0.2) is 5.71 Å². The summed E-state index contributed by atoms with van der Waals surface area (Å²) in [5.74, 6) is -0.359. The van der Waals surface area contributed by atoms with Crippen LogP contribution in [0.4, 0.5) is 5.69 Å². The molecule has 0 aromatic heterocycles. The predicted molar refractivity (Wildman–Crippen MR) is 87.0 cm³/mol. The zero-order valence-corrected chi connectivity index (χ0v) is 12.2. The molecule has 0 radical (unpaired) electrons. The van der Waals surface area contributed by atoms with Gasteiger partial charge in [0.2, 0.25) is 5.78 Å². The number of para-hydroxylation sites is 1. The molecule has 21 heavy (non-hydrogen) atoms. The van der Waals surface area contributed by atoms with Gasteiger partial charge in [0.05, 0.1) is 5.69 Å². The van der Waals surface area contributed by atoms with Gasteiger partial charge >= 0.3 is 0 Å². The Bertz CT molecular complexity index is 667. The lowest BCUT2D eigenvalue weighted by atomic mass is 10.1. The second kappa shape index (κ2) is 7.40. The van der Waals surface area contributed by atoms with E-state index in [9.17, 15) is 10.0 Å². The van der Waals surface area contributed by atoms with E-state index in [2.05, 4.69) is 10.1 Å². The van der Waals surface area contributed by atoms with Crippen molar-refractivity contribution in [3.05, 3.63) is 66.2 Å². The topological polar surface area (TPSA) is 62.0 Å². The lowest BCUT2D eigenvalue weighted by molar-refractivity contribution is 0.106. The van der Waals surface area contributed by atoms with Crippen molar-refractivity contribution in [1.82, 2.24) is 0 Å². The number of carbonyl (C=O) groups is 1. The van der Waals surface area contributed by atoms with Gasteiger partial charge in [-0.15, -0.1) is 11.8 Å². The number of rotatable bonds is 4. The number of benzene rings is 2. The Morgan fingerprint density at radius 3 is 2.10 bits per heavy atom. The largest absolute Gasteiger partial charge is 0.410 e. The minimum Gasteiger partial charge on any atom is -0.410 e. The first-order chi connectivity index (χ1) is 10.3. The summed E-state index contributed by atoms with van der Waals surface area (Å²) in [6.45, 7) is 0. The van der Waals surface area contributed by atoms with Crippen molar-refractivity contribution in [2.45, 2.75) is 0 Å². The number of Topliss-reactive ketones (excluding diaryl/α,β-unsaturated/α-hetero) is 1. The van der Waals surface area contributed by atoms with E-state index in [-0.39, 0.29) is 11.5 Å². The zero-order chi connectivity index (χ0) is 15.1. The summed E-state index contributed by atoms with van der Waals surface area (Å²) in [6.07, 6.45) is 1.78. The number of thioether (sulfide) groups is 1. The summed E-state index contributed by atoms with van der Waals surface area (Å²) in [5, 5.41) is 12.7. The molecule has 0 aliphatic rings. The minimum absolute atomic E-state index is 0.0578. The Hall–Kier alpha value is -2.40. The monoisotopic (exact) mass is 298 g/mol. The maximum Gasteiger partial charge on any atom is 0.217 e. The number of carbonyl (C=O) groups excluding carboxylic acids is 1. The lowest BCUT2D eigenvalue weighted by Crippen LogP contribution is -2.22. The van der Waals surface area contributed by atoms with Gasteiger partial charge in [-0.1, -0.05) is 53.7 Å². The molecule has 2 rings (SSSR count). The first kappa shape index (κ1) is 15.0. The molecule has 0 fully saturated rings. The van der Waals surface area contributed by atoms with E-state index in [0.717, 1.165) is 0 Å². The molecule has 2 aromatic carbocycles. The van der Waals surface area contributed by atoms with Crippen LogP contribution in [0, 0.1) is 0 Å². The molecule has 0 atom stereocenters. The fourth-order valence-corrected chi connectivity index (χ4v) is 2.25. The second-order valence-electron chi connectivity index (χ2n) is 4.10. The molecule has 0 saturated heterocycles. The van der Waals surface area contributed by atoms with Crippen molar-refractivity contribution >= 4 is 34.0 Å². The fourth-order valence-electron chi connectivity index (χ4n) is 1.73. The highest BCUT2D eigenvalue weighted by atomic mass is 32.2. The van der Waals surface area contributed by atoms with Gasteiger partial charge in [0.25, 0.3) is 0 Å². The zero-order valence-electron chi connectivity index (χ0n) is 11.4. The number of aliphatic imine (C=N–C) groups is 1. The molecule has 4 nitrogen and oxygen atoms in total. The highest BCUT2D eigenvalue weighted by Gasteiger charge is 2.20. The average molecular weight is 298 g/mol. The van der Waals surface area contributed by atoms with Crippen LogP contribution in [0.3, 0.4) is 0 Å². The maximum absolute atomic E-state index is 12.4. The molecular weight excluding hydrogens is 284 g/mol. The standard InChI is InChI=1S/C16H14N2O2S/c1-21-16(17-13-10-6-3-7-11-13)14(18-20)15(19)12-8-4-2-5-9-12/h2-11,20H,1H3/b17-16?,18-14-. The summed E-state index contributed by atoms with van der Waals surface area (Å²) in [5.41, 5.74) is 1.10. The van der Waals surface area contributed by atoms with Gasteiger partial charge in [-0.05, 0) is 18.4 Å². The van der Waals surface area contributed by atoms with E-state index >= 15 is 0 Å². The summed E-state index contributed by atoms with van der Waals surface area (Å²) < 4.78 is 0. The SMILES string of the molecule is CSC(=Nc1ccccc1)/C(=N\O)C(=O)c1ccccc1. The molecule has 5 heteroatoms. The average Bonchev–Trinajstić information content (AvgIpc) is 2.56. The number of nitrogens with zero attached hydrogens (tertiary/aromatic N) is 2. The lowest BCUT2D eigenvalue weighted by Gasteiger charge is -2.05. The van der Waals surface area contributed by atoms with E-state index in [1.54, 1.807) is 30.5 Å². The molecule has 0 unspecified atom stereocenters. The summed E-state index contributed by atoms with van der Waals surface area (Å²) in [4.78, 5) is 16.7. The third-order valence-electron chi connectivity index (χ3n) is 2.73. The van der Waals surface area contributed by atoms with Gasteiger partial charge in [-0.2, -0.15) is 0 Å². The quantitative estimate of drug-likeness (QED) is 0.307. The Labute approximate surface area is 127 Å². The number of hydrogen-bond acceptors (Lipinski definition) is 5. The van der Waals surface area contributed by atoms with Crippen LogP contribution in [0.15, 0.2) is 70.8 Å². The first-order valence-corrected chi connectivity index (χ1v) is 7.48. The molecule has 0 spiro atoms. The van der Waals surface area contributed by atoms with Crippen LogP contribution in [0.25, 0.3) is 0 Å². The van der Waals surface area contributed by atoms with Gasteiger partial charge in [-0.3, -0.25) is 4.79 Å². The van der Waals surface area contributed by atoms with Gasteiger partial charge in [0, 0.05) is 5.56 Å². The van der Waals surface area contributed by atoms with E-state index in [1.807, 2.05) is 36.4 Å². The van der Waals surface area contributed by atoms with Crippen molar-refractivity contribution in [2.75, 3.05) is 6.26 Å². The molecule has 106 valence electrons. The highest BCUT2D eigenvalue weighted by molar-refractivity contribution is 8.15. The van der Waals surface area contributed by atoms with E-state index in [4.69, 9.17) is 0 Å². The third kappa shape index (κ3) is 3.79. The van der Waals surface area contributed by atoms with Crippen LogP contribution in [0.2, 0.25) is 0 Å². The number of ketones is 1. The van der Waals surface area contributed by atoms with Gasteiger partial charge in [-0.25, -0.2) is 4.99 Å². The van der Waals surface area contributed by atoms with E-state index in [1.165, 1.54) is 11.8 Å². The number of hydrogen-bond donors (Lipinski definition) is 1. The van der Waals surface area contributed by atoms with Crippen molar-refractivity contribution in [3.8, 4) is 0 Å². The smallest absolute Gasteiger partial charge is 0.217 e. The molecule has 0 saturated carbocycles. The Balaban J connectivity index is 2.36. The molecule has 1 N–H and O–H groups in total. The molecule has 2 aromatic rings. The van der Waals surface area contributed by atoms with Crippen LogP contribution in [-0.2, 0) is 0 Å². The van der Waals surface area contributed by atoms with Crippen LogP contribution < -0.4 is 0 Å². The third-order valence-corrected chi connectivity index (χ3v) is 3.41. The molecule has 0 amide bonds. The van der Waals surface area contributed by atoms with E-state index in [0.29, 0.717) is 16.3 Å². The minimum atomic E-state index is -0.359. The fraction of sp³-hybridized carbons (Fsp3) is 0.0625. The van der Waals surface area contributed by atoms with Crippen molar-refractivity contribution in [2.24, 2.45) is 10.1 Å². The summed E-state index contributed by atoms with van der Waals surface area (Å²) >= 11 is 1.26. The molecule has 0 aliphatic carbocycles. The molecule has 0 heterocycles. The molecule has 0 bridgehead atoms. The van der Waals surface area contributed by atoms with Crippen LogP contribution in [0.5, 0.6) is 0 Å². The molecule has 0 aliphatic heterocycles. The van der Waals surface area contributed by atoms with Gasteiger partial charge in [0.1, 0.15) is 5.04 Å². The Kier molecular flexibility index (Phi) is 5.29. The first-order valence-electron chi connectivity index (χ1n) is 6.26.